The molecule has 0 radical (unpaired) electrons. The largest absolute Gasteiger partial charge is 0.507 e. The molecule has 4 atom stereocenters. The second-order valence-corrected chi connectivity index (χ2v) is 20.8. The number of phenolic OH excluding ortho intramolecular Hbond substituents is 2. The van der Waals surface area contributed by atoms with Crippen molar-refractivity contribution in [2.24, 2.45) is 0 Å². The Labute approximate surface area is 337 Å². The van der Waals surface area contributed by atoms with Gasteiger partial charge in [-0.3, -0.25) is 0 Å². The minimum atomic E-state index is -0.290. The standard InChI is InChI=1S/C50H68O2S2/c1-11-49(9,37-23-17-15-18-24-37)41-31-39(47(3,4)5)29-35(45(41)51)33-53-43-27-21-13-14-22-28-44(43)54-34-36-30-40(48(6,7)8)32-42(46(36)52)50(10,12-2)38-25-19-16-20-26-38/h15-20,23-26,29-32,43-44,51-52H,11-14,21-22,27-28,33-34H2,1-10H3. The minimum Gasteiger partial charge on any atom is -0.507 e. The lowest BCUT2D eigenvalue weighted by atomic mass is 9.71. The van der Waals surface area contributed by atoms with Crippen molar-refractivity contribution in [2.75, 3.05) is 0 Å². The van der Waals surface area contributed by atoms with Crippen LogP contribution in [0.1, 0.15) is 165 Å². The first-order chi connectivity index (χ1) is 25.5. The number of hydrogen-bond acceptors (Lipinski definition) is 4. The third kappa shape index (κ3) is 9.40. The second-order valence-electron chi connectivity index (χ2n) is 18.4. The molecule has 0 bridgehead atoms. The van der Waals surface area contributed by atoms with Crippen molar-refractivity contribution in [2.45, 2.75) is 164 Å². The second kappa shape index (κ2) is 17.5. The van der Waals surface area contributed by atoms with Crippen LogP contribution in [-0.2, 0) is 33.2 Å². The fourth-order valence-electron chi connectivity index (χ4n) is 8.22. The van der Waals surface area contributed by atoms with E-state index in [1.165, 1.54) is 60.8 Å². The van der Waals surface area contributed by atoms with Crippen molar-refractivity contribution in [3.8, 4) is 11.5 Å². The van der Waals surface area contributed by atoms with Crippen LogP contribution in [-0.4, -0.2) is 20.7 Å². The Hall–Kier alpha value is -2.82. The molecule has 54 heavy (non-hydrogen) atoms. The highest BCUT2D eigenvalue weighted by Gasteiger charge is 2.35. The van der Waals surface area contributed by atoms with Crippen LogP contribution in [0.15, 0.2) is 84.9 Å². The Balaban J connectivity index is 1.47. The lowest BCUT2D eigenvalue weighted by Gasteiger charge is -2.34. The van der Waals surface area contributed by atoms with E-state index in [1.54, 1.807) is 0 Å². The Kier molecular flexibility index (Phi) is 13.7. The average molecular weight is 765 g/mol. The van der Waals surface area contributed by atoms with Gasteiger partial charge in [-0.2, -0.15) is 23.5 Å². The van der Waals surface area contributed by atoms with E-state index in [9.17, 15) is 10.2 Å². The highest BCUT2D eigenvalue weighted by Crippen LogP contribution is 2.48. The van der Waals surface area contributed by atoms with Crippen molar-refractivity contribution >= 4 is 23.5 Å². The van der Waals surface area contributed by atoms with Gasteiger partial charge in [0.25, 0.3) is 0 Å². The van der Waals surface area contributed by atoms with Crippen molar-refractivity contribution in [1.29, 1.82) is 0 Å². The van der Waals surface area contributed by atoms with Crippen LogP contribution < -0.4 is 0 Å². The van der Waals surface area contributed by atoms with Gasteiger partial charge in [0, 0.05) is 55.1 Å². The smallest absolute Gasteiger partial charge is 0.123 e. The van der Waals surface area contributed by atoms with Gasteiger partial charge in [-0.15, -0.1) is 0 Å². The number of hydrogen-bond donors (Lipinski definition) is 2. The third-order valence-electron chi connectivity index (χ3n) is 12.6. The summed E-state index contributed by atoms with van der Waals surface area (Å²) in [5.41, 5.74) is 8.60. The van der Waals surface area contributed by atoms with Crippen LogP contribution in [0.3, 0.4) is 0 Å². The zero-order valence-corrected chi connectivity index (χ0v) is 36.7. The zero-order valence-electron chi connectivity index (χ0n) is 35.0. The quantitative estimate of drug-likeness (QED) is 0.151. The number of thioether (sulfide) groups is 2. The maximum absolute atomic E-state index is 12.1. The summed E-state index contributed by atoms with van der Waals surface area (Å²) < 4.78 is 0. The maximum atomic E-state index is 12.1. The maximum Gasteiger partial charge on any atom is 0.123 e. The normalized spacial score (nSPS) is 19.4. The van der Waals surface area contributed by atoms with Crippen LogP contribution >= 0.6 is 23.5 Å². The molecule has 1 aliphatic carbocycles. The van der Waals surface area contributed by atoms with Gasteiger partial charge in [0.05, 0.1) is 0 Å². The van der Waals surface area contributed by atoms with Gasteiger partial charge in [-0.05, 0) is 58.8 Å². The lowest BCUT2D eigenvalue weighted by Crippen LogP contribution is -2.25. The molecule has 5 rings (SSSR count). The van der Waals surface area contributed by atoms with Crippen molar-refractivity contribution in [3.63, 3.8) is 0 Å². The van der Waals surface area contributed by atoms with Gasteiger partial charge >= 0.3 is 0 Å². The first-order valence-corrected chi connectivity index (χ1v) is 22.7. The number of phenols is 2. The van der Waals surface area contributed by atoms with E-state index in [4.69, 9.17) is 0 Å². The van der Waals surface area contributed by atoms with Crippen molar-refractivity contribution in [1.82, 2.24) is 0 Å². The Morgan fingerprint density at radius 2 is 0.852 bits per heavy atom. The molecule has 4 unspecified atom stereocenters. The molecule has 1 saturated carbocycles. The van der Waals surface area contributed by atoms with Crippen LogP contribution in [0.2, 0.25) is 0 Å². The van der Waals surface area contributed by atoms with Gasteiger partial charge in [0.2, 0.25) is 0 Å². The Morgan fingerprint density at radius 1 is 0.500 bits per heavy atom. The van der Waals surface area contributed by atoms with E-state index >= 15 is 0 Å². The number of rotatable bonds is 12. The summed E-state index contributed by atoms with van der Waals surface area (Å²) in [5.74, 6) is 2.51. The third-order valence-corrected chi connectivity index (χ3v) is 15.7. The summed E-state index contributed by atoms with van der Waals surface area (Å²) in [5, 5.41) is 25.2. The molecule has 4 aromatic carbocycles. The molecular weight excluding hydrogens is 697 g/mol. The van der Waals surface area contributed by atoms with Crippen molar-refractivity contribution < 1.29 is 10.2 Å². The molecule has 292 valence electrons. The van der Waals surface area contributed by atoms with Gasteiger partial charge in [0.15, 0.2) is 0 Å². The van der Waals surface area contributed by atoms with Crippen LogP contribution in [0.4, 0.5) is 0 Å². The fourth-order valence-corrected chi connectivity index (χ4v) is 11.3. The molecule has 0 aliphatic heterocycles. The summed E-state index contributed by atoms with van der Waals surface area (Å²) in [7, 11) is 0. The molecule has 4 aromatic rings. The molecule has 2 nitrogen and oxygen atoms in total. The van der Waals surface area contributed by atoms with Crippen LogP contribution in [0, 0.1) is 0 Å². The molecule has 2 N–H and O–H groups in total. The molecule has 1 aliphatic rings. The van der Waals surface area contributed by atoms with E-state index in [2.05, 4.69) is 154 Å². The highest BCUT2D eigenvalue weighted by molar-refractivity contribution is 8.03. The summed E-state index contributed by atoms with van der Waals surface area (Å²) >= 11 is 4.10. The molecule has 0 heterocycles. The molecule has 1 fully saturated rings. The predicted octanol–water partition coefficient (Wildman–Crippen LogP) is 14.4. The predicted molar refractivity (Wildman–Crippen MR) is 238 cm³/mol. The molecule has 0 spiro atoms. The zero-order chi connectivity index (χ0) is 39.3. The van der Waals surface area contributed by atoms with Gasteiger partial charge < -0.3 is 10.2 Å². The van der Waals surface area contributed by atoms with E-state index in [0.29, 0.717) is 22.0 Å². The van der Waals surface area contributed by atoms with E-state index in [-0.39, 0.29) is 21.7 Å². The Morgan fingerprint density at radius 3 is 1.17 bits per heavy atom. The molecule has 4 heteroatoms. The summed E-state index contributed by atoms with van der Waals surface area (Å²) in [6.45, 7) is 22.8. The molecule has 0 amide bonds. The Bertz CT molecular complexity index is 1680. The SMILES string of the molecule is CCC(C)(c1ccccc1)c1cc(C(C)(C)C)cc(CSC2CCCCCCC2SCc2cc(C(C)(C)C)cc(C(C)(CC)c3ccccc3)c2O)c1O. The van der Waals surface area contributed by atoms with E-state index in [1.807, 2.05) is 23.5 Å². The topological polar surface area (TPSA) is 40.5 Å². The fraction of sp³-hybridized carbons (Fsp3) is 0.520. The number of benzene rings is 4. The summed E-state index contributed by atoms with van der Waals surface area (Å²) in [6.07, 6.45) is 9.26. The summed E-state index contributed by atoms with van der Waals surface area (Å²) in [4.78, 5) is 0. The first-order valence-electron chi connectivity index (χ1n) is 20.6. The molecular formula is C50H68O2S2. The number of aromatic hydroxyl groups is 2. The lowest BCUT2D eigenvalue weighted by molar-refractivity contribution is 0.434. The van der Waals surface area contributed by atoms with Gasteiger partial charge in [-0.25, -0.2) is 0 Å². The minimum absolute atomic E-state index is 0.0390. The highest BCUT2D eigenvalue weighted by atomic mass is 32.2. The van der Waals surface area contributed by atoms with E-state index in [0.717, 1.165) is 46.6 Å². The monoisotopic (exact) mass is 764 g/mol. The average Bonchev–Trinajstić information content (AvgIpc) is 3.14. The summed E-state index contributed by atoms with van der Waals surface area (Å²) in [6, 6.07) is 30.6. The van der Waals surface area contributed by atoms with Gasteiger partial charge in [0.1, 0.15) is 11.5 Å². The van der Waals surface area contributed by atoms with Crippen molar-refractivity contribution in [3.05, 3.63) is 129 Å². The molecule has 0 saturated heterocycles. The van der Waals surface area contributed by atoms with Gasteiger partial charge in [-0.1, -0.05) is 180 Å². The van der Waals surface area contributed by atoms with Crippen LogP contribution in [0.5, 0.6) is 11.5 Å². The molecule has 0 aromatic heterocycles. The first kappa shape index (κ1) is 42.3. The van der Waals surface area contributed by atoms with Crippen LogP contribution in [0.25, 0.3) is 0 Å². The van der Waals surface area contributed by atoms with E-state index < -0.39 is 0 Å².